The van der Waals surface area contributed by atoms with Crippen molar-refractivity contribution in [1.29, 1.82) is 0 Å². The van der Waals surface area contributed by atoms with Crippen LogP contribution < -0.4 is 10.5 Å². The number of benzene rings is 2. The van der Waals surface area contributed by atoms with Crippen LogP contribution in [0.2, 0.25) is 0 Å². The minimum atomic E-state index is -0.297. The molecule has 1 heterocycles. The lowest BCUT2D eigenvalue weighted by molar-refractivity contribution is 0.0820. The molecule has 3 rings (SSSR count). The quantitative estimate of drug-likeness (QED) is 0.913. The van der Waals surface area contributed by atoms with Crippen LogP contribution in [0.4, 0.5) is 4.79 Å². The molecule has 1 aliphatic rings. The molecule has 2 N–H and O–H groups in total. The van der Waals surface area contributed by atoms with E-state index >= 15 is 0 Å². The van der Waals surface area contributed by atoms with Crippen LogP contribution in [0, 0.1) is 0 Å². The van der Waals surface area contributed by atoms with Gasteiger partial charge in [-0.1, -0.05) is 36.4 Å². The Morgan fingerprint density at radius 3 is 2.62 bits per heavy atom. The largest absolute Gasteiger partial charge is 0.497 e. The Balaban J connectivity index is 1.84. The second-order valence-electron chi connectivity index (χ2n) is 6.67. The molecule has 2 aromatic rings. The summed E-state index contributed by atoms with van der Waals surface area (Å²) in [6, 6.07) is 16.3. The van der Waals surface area contributed by atoms with Gasteiger partial charge in [0.2, 0.25) is 0 Å². The molecule has 0 aromatic heterocycles. The third kappa shape index (κ3) is 3.99. The van der Waals surface area contributed by atoms with Crippen molar-refractivity contribution in [3.8, 4) is 16.9 Å². The maximum Gasteiger partial charge on any atom is 0.409 e. The molecular weight excluding hydrogens is 328 g/mol. The van der Waals surface area contributed by atoms with Gasteiger partial charge in [0.15, 0.2) is 0 Å². The summed E-state index contributed by atoms with van der Waals surface area (Å²) in [6.07, 6.45) is 2.26. The summed E-state index contributed by atoms with van der Waals surface area (Å²) in [4.78, 5) is 13.9. The van der Waals surface area contributed by atoms with Gasteiger partial charge in [-0.15, -0.1) is 0 Å². The number of ether oxygens (including phenoxy) is 2. The van der Waals surface area contributed by atoms with Crippen LogP contribution in [0.25, 0.3) is 11.1 Å². The number of piperidine rings is 1. The van der Waals surface area contributed by atoms with E-state index in [0.29, 0.717) is 13.0 Å². The molecule has 26 heavy (non-hydrogen) atoms. The summed E-state index contributed by atoms with van der Waals surface area (Å²) in [7, 11) is 3.09. The predicted molar refractivity (Wildman–Crippen MR) is 102 cm³/mol. The van der Waals surface area contributed by atoms with Crippen molar-refractivity contribution in [2.75, 3.05) is 20.8 Å². The van der Waals surface area contributed by atoms with Crippen molar-refractivity contribution in [3.05, 3.63) is 54.1 Å². The summed E-state index contributed by atoms with van der Waals surface area (Å²) in [6.45, 7) is 0.695. The van der Waals surface area contributed by atoms with E-state index in [-0.39, 0.29) is 18.2 Å². The maximum absolute atomic E-state index is 12.1. The van der Waals surface area contributed by atoms with Crippen molar-refractivity contribution in [2.24, 2.45) is 5.73 Å². The molecule has 2 unspecified atom stereocenters. The lowest BCUT2D eigenvalue weighted by Gasteiger charge is -2.39. The number of carbonyl (C=O) groups is 1. The fourth-order valence-corrected chi connectivity index (χ4v) is 3.61. The zero-order valence-electron chi connectivity index (χ0n) is 15.4. The van der Waals surface area contributed by atoms with E-state index in [1.807, 2.05) is 24.3 Å². The fourth-order valence-electron chi connectivity index (χ4n) is 3.61. The monoisotopic (exact) mass is 354 g/mol. The van der Waals surface area contributed by atoms with Crippen LogP contribution in [0.1, 0.15) is 18.4 Å². The van der Waals surface area contributed by atoms with Crippen molar-refractivity contribution >= 4 is 6.09 Å². The molecule has 1 aliphatic heterocycles. The Bertz CT molecular complexity index is 762. The standard InChI is InChI=1S/C21H26N2O3/c1-25-18-9-4-8-17(14-18)16-7-3-6-15(12-16)13-20-19(22)10-5-11-23(20)21(24)26-2/h3-4,6-9,12,14,19-20H,5,10-11,13,22H2,1-2H3. The van der Waals surface area contributed by atoms with E-state index in [4.69, 9.17) is 15.2 Å². The van der Waals surface area contributed by atoms with Gasteiger partial charge < -0.3 is 20.1 Å². The van der Waals surface area contributed by atoms with Gasteiger partial charge in [0.05, 0.1) is 20.3 Å². The number of hydrogen-bond acceptors (Lipinski definition) is 4. The SMILES string of the molecule is COC(=O)N1CCCC(N)C1Cc1cccc(-c2cccc(OC)c2)c1. The summed E-state index contributed by atoms with van der Waals surface area (Å²) >= 11 is 0. The number of carbonyl (C=O) groups excluding carboxylic acids is 1. The van der Waals surface area contributed by atoms with Gasteiger partial charge in [0.25, 0.3) is 0 Å². The number of methoxy groups -OCH3 is 2. The van der Waals surface area contributed by atoms with E-state index in [2.05, 4.69) is 24.3 Å². The molecule has 0 spiro atoms. The van der Waals surface area contributed by atoms with E-state index in [9.17, 15) is 4.79 Å². The molecule has 0 bridgehead atoms. The molecule has 5 nitrogen and oxygen atoms in total. The number of likely N-dealkylation sites (tertiary alicyclic amines) is 1. The molecule has 1 amide bonds. The van der Waals surface area contributed by atoms with Crippen LogP contribution in [0.15, 0.2) is 48.5 Å². The van der Waals surface area contributed by atoms with Crippen molar-refractivity contribution in [1.82, 2.24) is 4.90 Å². The van der Waals surface area contributed by atoms with Gasteiger partial charge in [-0.3, -0.25) is 0 Å². The molecule has 0 saturated carbocycles. The normalized spacial score (nSPS) is 19.9. The Labute approximate surface area is 154 Å². The first-order valence-corrected chi connectivity index (χ1v) is 8.96. The van der Waals surface area contributed by atoms with Gasteiger partial charge >= 0.3 is 6.09 Å². The molecule has 2 atom stereocenters. The summed E-state index contributed by atoms with van der Waals surface area (Å²) in [5.41, 5.74) is 9.71. The summed E-state index contributed by atoms with van der Waals surface area (Å²) in [5, 5.41) is 0. The molecule has 5 heteroatoms. The number of nitrogens with two attached hydrogens (primary N) is 1. The summed E-state index contributed by atoms with van der Waals surface area (Å²) < 4.78 is 10.3. The molecule has 0 radical (unpaired) electrons. The topological polar surface area (TPSA) is 64.8 Å². The highest BCUT2D eigenvalue weighted by atomic mass is 16.5. The Morgan fingerprint density at radius 1 is 1.15 bits per heavy atom. The Hall–Kier alpha value is -2.53. The van der Waals surface area contributed by atoms with Crippen LogP contribution in [0.3, 0.4) is 0 Å². The molecule has 0 aliphatic carbocycles. The minimum Gasteiger partial charge on any atom is -0.497 e. The molecule has 1 fully saturated rings. The van der Waals surface area contributed by atoms with Crippen molar-refractivity contribution < 1.29 is 14.3 Å². The van der Waals surface area contributed by atoms with Crippen LogP contribution >= 0.6 is 0 Å². The first-order valence-electron chi connectivity index (χ1n) is 8.96. The van der Waals surface area contributed by atoms with E-state index in [1.54, 1.807) is 12.0 Å². The van der Waals surface area contributed by atoms with Crippen LogP contribution in [-0.4, -0.2) is 43.8 Å². The van der Waals surface area contributed by atoms with Gasteiger partial charge in [-0.25, -0.2) is 4.79 Å². The third-order valence-electron chi connectivity index (χ3n) is 5.02. The highest BCUT2D eigenvalue weighted by molar-refractivity contribution is 5.68. The first kappa shape index (κ1) is 18.3. The molecule has 138 valence electrons. The van der Waals surface area contributed by atoms with Crippen LogP contribution in [0.5, 0.6) is 5.75 Å². The highest BCUT2D eigenvalue weighted by Gasteiger charge is 2.32. The molecule has 1 saturated heterocycles. The van der Waals surface area contributed by atoms with Gasteiger partial charge in [-0.05, 0) is 48.1 Å². The average Bonchev–Trinajstić information content (AvgIpc) is 2.69. The lowest BCUT2D eigenvalue weighted by Crippen LogP contribution is -2.55. The smallest absolute Gasteiger partial charge is 0.409 e. The lowest BCUT2D eigenvalue weighted by atomic mass is 9.91. The maximum atomic E-state index is 12.1. The zero-order chi connectivity index (χ0) is 18.5. The van der Waals surface area contributed by atoms with Crippen LogP contribution in [-0.2, 0) is 11.2 Å². The van der Waals surface area contributed by atoms with Gasteiger partial charge in [0, 0.05) is 12.6 Å². The fraction of sp³-hybridized carbons (Fsp3) is 0.381. The first-order chi connectivity index (χ1) is 12.6. The predicted octanol–water partition coefficient (Wildman–Crippen LogP) is 3.46. The number of nitrogens with zero attached hydrogens (tertiary/aromatic N) is 1. The number of hydrogen-bond donors (Lipinski definition) is 1. The Kier molecular flexibility index (Phi) is 5.78. The van der Waals surface area contributed by atoms with E-state index in [1.165, 1.54) is 7.11 Å². The molecule has 2 aromatic carbocycles. The zero-order valence-corrected chi connectivity index (χ0v) is 15.4. The van der Waals surface area contributed by atoms with Gasteiger partial charge in [0.1, 0.15) is 5.75 Å². The minimum absolute atomic E-state index is 0.0386. The molecular formula is C21H26N2O3. The van der Waals surface area contributed by atoms with E-state index < -0.39 is 0 Å². The second-order valence-corrected chi connectivity index (χ2v) is 6.67. The van der Waals surface area contributed by atoms with Crippen molar-refractivity contribution in [2.45, 2.75) is 31.3 Å². The summed E-state index contributed by atoms with van der Waals surface area (Å²) in [5.74, 6) is 0.832. The number of amides is 1. The third-order valence-corrected chi connectivity index (χ3v) is 5.02. The number of rotatable bonds is 4. The second kappa shape index (κ2) is 8.23. The van der Waals surface area contributed by atoms with Gasteiger partial charge in [-0.2, -0.15) is 0 Å². The Morgan fingerprint density at radius 2 is 1.88 bits per heavy atom. The highest BCUT2D eigenvalue weighted by Crippen LogP contribution is 2.26. The average molecular weight is 354 g/mol. The van der Waals surface area contributed by atoms with Crippen molar-refractivity contribution in [3.63, 3.8) is 0 Å². The van der Waals surface area contributed by atoms with E-state index in [0.717, 1.165) is 35.3 Å².